The number of carbonyl (C=O) groups excluding carboxylic acids is 1. The van der Waals surface area contributed by atoms with Gasteiger partial charge < -0.3 is 9.80 Å². The highest BCUT2D eigenvalue weighted by Gasteiger charge is 2.31. The summed E-state index contributed by atoms with van der Waals surface area (Å²) < 4.78 is 0. The van der Waals surface area contributed by atoms with E-state index in [1.54, 1.807) is 11.3 Å². The van der Waals surface area contributed by atoms with E-state index >= 15 is 0 Å². The van der Waals surface area contributed by atoms with E-state index in [1.807, 2.05) is 0 Å². The third-order valence-corrected chi connectivity index (χ3v) is 5.58. The highest BCUT2D eigenvalue weighted by molar-refractivity contribution is 7.09. The Labute approximate surface area is 145 Å². The molecule has 4 nitrogen and oxygen atoms in total. The number of thiophene rings is 1. The smallest absolute Gasteiger partial charge is 0.223 e. The number of hydrogen-bond acceptors (Lipinski definition) is 4. The van der Waals surface area contributed by atoms with Crippen LogP contribution in [0.2, 0.25) is 0 Å². The molecule has 0 N–H and O–H groups in total. The highest BCUT2D eigenvalue weighted by atomic mass is 32.1. The van der Waals surface area contributed by atoms with Crippen LogP contribution in [0.3, 0.4) is 0 Å². The van der Waals surface area contributed by atoms with E-state index in [1.165, 1.54) is 11.3 Å². The molecule has 23 heavy (non-hydrogen) atoms. The standard InChI is InChI=1S/C18H31N3OS/c1-15-13-20(18(22)9-8-17-7-5-12-23-17)14-16(2)21(15)11-6-10-19(3)4/h5,7,12,15-16H,6,8-11,13-14H2,1-4H3. The van der Waals surface area contributed by atoms with Crippen LogP contribution in [0, 0.1) is 0 Å². The first kappa shape index (κ1) is 18.4. The van der Waals surface area contributed by atoms with Crippen LogP contribution in [0.15, 0.2) is 17.5 Å². The molecule has 0 bridgehead atoms. The third-order valence-electron chi connectivity index (χ3n) is 4.64. The van der Waals surface area contributed by atoms with Gasteiger partial charge in [-0.2, -0.15) is 0 Å². The molecule has 1 fully saturated rings. The molecule has 5 heteroatoms. The van der Waals surface area contributed by atoms with Gasteiger partial charge in [0.15, 0.2) is 0 Å². The maximum absolute atomic E-state index is 12.5. The average Bonchev–Trinajstić information content (AvgIpc) is 3.00. The summed E-state index contributed by atoms with van der Waals surface area (Å²) in [4.78, 5) is 20.7. The Balaban J connectivity index is 1.79. The molecule has 1 saturated heterocycles. The molecule has 2 rings (SSSR count). The second kappa shape index (κ2) is 8.81. The minimum Gasteiger partial charge on any atom is -0.340 e. The van der Waals surface area contributed by atoms with E-state index < -0.39 is 0 Å². The molecule has 1 aromatic rings. The first-order valence-corrected chi connectivity index (χ1v) is 9.56. The third kappa shape index (κ3) is 5.59. The van der Waals surface area contributed by atoms with Gasteiger partial charge in [0.2, 0.25) is 5.91 Å². The first-order valence-electron chi connectivity index (χ1n) is 8.68. The van der Waals surface area contributed by atoms with Crippen molar-refractivity contribution in [3.05, 3.63) is 22.4 Å². The van der Waals surface area contributed by atoms with Crippen molar-refractivity contribution >= 4 is 17.2 Å². The number of hydrogen-bond donors (Lipinski definition) is 0. The van der Waals surface area contributed by atoms with E-state index in [-0.39, 0.29) is 0 Å². The minimum atomic E-state index is 0.310. The van der Waals surface area contributed by atoms with Crippen molar-refractivity contribution in [2.24, 2.45) is 0 Å². The van der Waals surface area contributed by atoms with Crippen molar-refractivity contribution in [1.29, 1.82) is 0 Å². The molecule has 0 spiro atoms. The Morgan fingerprint density at radius 1 is 1.30 bits per heavy atom. The summed E-state index contributed by atoms with van der Waals surface area (Å²) in [5.41, 5.74) is 0. The summed E-state index contributed by atoms with van der Waals surface area (Å²) in [6.45, 7) is 8.50. The van der Waals surface area contributed by atoms with Crippen molar-refractivity contribution < 1.29 is 4.79 Å². The van der Waals surface area contributed by atoms with Crippen molar-refractivity contribution in [2.45, 2.75) is 45.2 Å². The van der Waals surface area contributed by atoms with Gasteiger partial charge in [-0.1, -0.05) is 6.07 Å². The summed E-state index contributed by atoms with van der Waals surface area (Å²) in [5, 5.41) is 2.08. The van der Waals surface area contributed by atoms with Crippen LogP contribution in [-0.4, -0.2) is 73.0 Å². The van der Waals surface area contributed by atoms with Crippen molar-refractivity contribution in [3.63, 3.8) is 0 Å². The zero-order valence-corrected chi connectivity index (χ0v) is 15.8. The molecule has 1 aliphatic rings. The number of carbonyl (C=O) groups is 1. The number of nitrogens with zero attached hydrogens (tertiary/aromatic N) is 3. The predicted octanol–water partition coefficient (Wildman–Crippen LogP) is 2.55. The van der Waals surface area contributed by atoms with Gasteiger partial charge in [0.1, 0.15) is 0 Å². The van der Waals surface area contributed by atoms with E-state index in [0.29, 0.717) is 24.4 Å². The minimum absolute atomic E-state index is 0.310. The molecule has 0 aromatic carbocycles. The normalized spacial score (nSPS) is 22.7. The van der Waals surface area contributed by atoms with Crippen LogP contribution in [0.1, 0.15) is 31.6 Å². The molecule has 0 saturated carbocycles. The Kier molecular flexibility index (Phi) is 7.06. The van der Waals surface area contributed by atoms with Crippen LogP contribution in [0.5, 0.6) is 0 Å². The molecule has 2 atom stereocenters. The second-order valence-corrected chi connectivity index (χ2v) is 8.00. The lowest BCUT2D eigenvalue weighted by Crippen LogP contribution is -2.58. The number of amides is 1. The van der Waals surface area contributed by atoms with Gasteiger partial charge in [-0.3, -0.25) is 9.69 Å². The van der Waals surface area contributed by atoms with E-state index in [2.05, 4.69) is 60.2 Å². The zero-order chi connectivity index (χ0) is 16.8. The van der Waals surface area contributed by atoms with Crippen LogP contribution in [0.4, 0.5) is 0 Å². The summed E-state index contributed by atoms with van der Waals surface area (Å²) in [5.74, 6) is 0.310. The fourth-order valence-electron chi connectivity index (χ4n) is 3.41. The maximum Gasteiger partial charge on any atom is 0.223 e. The summed E-state index contributed by atoms with van der Waals surface area (Å²) in [6.07, 6.45) is 2.71. The monoisotopic (exact) mass is 337 g/mol. The molecular formula is C18H31N3OS. The number of rotatable bonds is 7. The SMILES string of the molecule is CC1CN(C(=O)CCc2cccs2)CC(C)N1CCCN(C)C. The van der Waals surface area contributed by atoms with Crippen molar-refractivity contribution in [1.82, 2.24) is 14.7 Å². The molecule has 0 aliphatic carbocycles. The van der Waals surface area contributed by atoms with E-state index in [0.717, 1.165) is 32.6 Å². The molecule has 1 aromatic heterocycles. The van der Waals surface area contributed by atoms with Crippen molar-refractivity contribution in [2.75, 3.05) is 40.3 Å². The Bertz CT molecular complexity index is 463. The lowest BCUT2D eigenvalue weighted by atomic mass is 10.1. The van der Waals surface area contributed by atoms with Crippen LogP contribution in [0.25, 0.3) is 0 Å². The van der Waals surface area contributed by atoms with Gasteiger partial charge in [0.05, 0.1) is 0 Å². The topological polar surface area (TPSA) is 26.8 Å². The van der Waals surface area contributed by atoms with Gasteiger partial charge in [-0.25, -0.2) is 0 Å². The number of aryl methyl sites for hydroxylation is 1. The van der Waals surface area contributed by atoms with Gasteiger partial charge >= 0.3 is 0 Å². The molecule has 0 radical (unpaired) electrons. The highest BCUT2D eigenvalue weighted by Crippen LogP contribution is 2.18. The van der Waals surface area contributed by atoms with Gasteiger partial charge in [-0.15, -0.1) is 11.3 Å². The molecule has 2 unspecified atom stereocenters. The summed E-state index contributed by atoms with van der Waals surface area (Å²) in [6, 6.07) is 5.07. The molecule has 2 heterocycles. The summed E-state index contributed by atoms with van der Waals surface area (Å²) >= 11 is 1.74. The van der Waals surface area contributed by atoms with Gasteiger partial charge in [0.25, 0.3) is 0 Å². The zero-order valence-electron chi connectivity index (χ0n) is 15.0. The largest absolute Gasteiger partial charge is 0.340 e. The fraction of sp³-hybridized carbons (Fsp3) is 0.722. The first-order chi connectivity index (χ1) is 11.0. The second-order valence-electron chi connectivity index (χ2n) is 6.97. The van der Waals surface area contributed by atoms with Crippen molar-refractivity contribution in [3.8, 4) is 0 Å². The lowest BCUT2D eigenvalue weighted by Gasteiger charge is -2.44. The molecule has 1 aliphatic heterocycles. The quantitative estimate of drug-likeness (QED) is 0.765. The predicted molar refractivity (Wildman–Crippen MR) is 98.0 cm³/mol. The average molecular weight is 338 g/mol. The lowest BCUT2D eigenvalue weighted by molar-refractivity contribution is -0.135. The van der Waals surface area contributed by atoms with Crippen LogP contribution >= 0.6 is 11.3 Å². The molecular weight excluding hydrogens is 306 g/mol. The maximum atomic E-state index is 12.5. The molecule has 1 amide bonds. The van der Waals surface area contributed by atoms with Gasteiger partial charge in [-0.05, 0) is 58.8 Å². The van der Waals surface area contributed by atoms with E-state index in [9.17, 15) is 4.79 Å². The molecule has 130 valence electrons. The Hall–Kier alpha value is -0.910. The van der Waals surface area contributed by atoms with E-state index in [4.69, 9.17) is 0 Å². The fourth-order valence-corrected chi connectivity index (χ4v) is 4.12. The summed E-state index contributed by atoms with van der Waals surface area (Å²) in [7, 11) is 4.24. The van der Waals surface area contributed by atoms with Gasteiger partial charge in [0, 0.05) is 43.0 Å². The van der Waals surface area contributed by atoms with Crippen LogP contribution < -0.4 is 0 Å². The van der Waals surface area contributed by atoms with Crippen LogP contribution in [-0.2, 0) is 11.2 Å². The Morgan fingerprint density at radius 3 is 2.57 bits per heavy atom. The number of piperazine rings is 1. The Morgan fingerprint density at radius 2 is 2.00 bits per heavy atom.